The molecule has 3 N–H and O–H groups in total. The molecular weight excluding hydrogens is 236 g/mol. The van der Waals surface area contributed by atoms with Gasteiger partial charge in [0.1, 0.15) is 6.04 Å². The maximum Gasteiger partial charge on any atom is 0.326 e. The van der Waals surface area contributed by atoms with E-state index >= 15 is 0 Å². The van der Waals surface area contributed by atoms with Crippen molar-refractivity contribution >= 4 is 12.0 Å². The number of aliphatic carboxylic acids is 1. The minimum Gasteiger partial charge on any atom is -0.480 e. The zero-order valence-electron chi connectivity index (χ0n) is 10.9. The van der Waals surface area contributed by atoms with Crippen LogP contribution in [0.3, 0.4) is 0 Å². The summed E-state index contributed by atoms with van der Waals surface area (Å²) in [5.74, 6) is -1.14. The molecule has 1 aliphatic carbocycles. The Labute approximate surface area is 107 Å². The number of urea groups is 1. The molecular formula is C12H22N2O4. The first-order valence-corrected chi connectivity index (χ1v) is 6.42. The second-order valence-corrected chi connectivity index (χ2v) is 4.80. The molecule has 0 spiro atoms. The zero-order valence-corrected chi connectivity index (χ0v) is 10.9. The second kappa shape index (κ2) is 6.58. The molecule has 1 fully saturated rings. The largest absolute Gasteiger partial charge is 0.480 e. The van der Waals surface area contributed by atoms with Crippen LogP contribution < -0.4 is 5.32 Å². The highest BCUT2D eigenvalue weighted by Crippen LogP contribution is 2.26. The zero-order chi connectivity index (χ0) is 13.7. The number of nitrogens with one attached hydrogen (secondary N) is 1. The van der Waals surface area contributed by atoms with Gasteiger partial charge in [-0.3, -0.25) is 0 Å². The van der Waals surface area contributed by atoms with E-state index in [2.05, 4.69) is 5.32 Å². The SMILES string of the molecule is CCC(C)C(NC(=O)N(CCO)C1CC1)C(=O)O. The summed E-state index contributed by atoms with van der Waals surface area (Å²) in [6, 6.07) is -1.11. The predicted molar refractivity (Wildman–Crippen MR) is 66.2 cm³/mol. The fourth-order valence-corrected chi connectivity index (χ4v) is 1.84. The highest BCUT2D eigenvalue weighted by molar-refractivity contribution is 5.83. The molecule has 1 saturated carbocycles. The molecule has 6 heteroatoms. The topological polar surface area (TPSA) is 89.9 Å². The Morgan fingerprint density at radius 2 is 2.06 bits per heavy atom. The fourth-order valence-electron chi connectivity index (χ4n) is 1.84. The molecule has 2 unspecified atom stereocenters. The third-order valence-corrected chi connectivity index (χ3v) is 3.35. The summed E-state index contributed by atoms with van der Waals surface area (Å²) in [7, 11) is 0. The number of carbonyl (C=O) groups excluding carboxylic acids is 1. The van der Waals surface area contributed by atoms with Gasteiger partial charge in [-0.15, -0.1) is 0 Å². The minimum absolute atomic E-state index is 0.106. The average Bonchev–Trinajstić information content (AvgIpc) is 3.15. The minimum atomic E-state index is -1.02. The fraction of sp³-hybridized carbons (Fsp3) is 0.833. The van der Waals surface area contributed by atoms with Crippen molar-refractivity contribution in [2.45, 2.75) is 45.2 Å². The Morgan fingerprint density at radius 3 is 2.44 bits per heavy atom. The summed E-state index contributed by atoms with van der Waals surface area (Å²) in [5.41, 5.74) is 0. The number of rotatable bonds is 7. The van der Waals surface area contributed by atoms with E-state index in [1.807, 2.05) is 6.92 Å². The predicted octanol–water partition coefficient (Wildman–Crippen LogP) is 0.652. The highest BCUT2D eigenvalue weighted by atomic mass is 16.4. The molecule has 0 aromatic heterocycles. The smallest absolute Gasteiger partial charge is 0.326 e. The van der Waals surface area contributed by atoms with Crippen LogP contribution in [0.25, 0.3) is 0 Å². The van der Waals surface area contributed by atoms with Gasteiger partial charge < -0.3 is 20.4 Å². The van der Waals surface area contributed by atoms with Crippen molar-refractivity contribution in [1.82, 2.24) is 10.2 Å². The van der Waals surface area contributed by atoms with Crippen molar-refractivity contribution in [3.05, 3.63) is 0 Å². The molecule has 0 bridgehead atoms. The number of hydrogen-bond acceptors (Lipinski definition) is 3. The van der Waals surface area contributed by atoms with Gasteiger partial charge in [-0.2, -0.15) is 0 Å². The number of carboxylic acid groups (broad SMARTS) is 1. The van der Waals surface area contributed by atoms with Crippen molar-refractivity contribution in [2.24, 2.45) is 5.92 Å². The average molecular weight is 258 g/mol. The van der Waals surface area contributed by atoms with Gasteiger partial charge in [0, 0.05) is 12.6 Å². The number of amides is 2. The Hall–Kier alpha value is -1.30. The summed E-state index contributed by atoms with van der Waals surface area (Å²) in [6.07, 6.45) is 2.53. The van der Waals surface area contributed by atoms with Crippen LogP contribution in [0.2, 0.25) is 0 Å². The molecule has 2 amide bonds. The lowest BCUT2D eigenvalue weighted by molar-refractivity contribution is -0.140. The molecule has 2 atom stereocenters. The molecule has 1 rings (SSSR count). The Kier molecular flexibility index (Phi) is 5.40. The van der Waals surface area contributed by atoms with Crippen molar-refractivity contribution in [3.8, 4) is 0 Å². The van der Waals surface area contributed by atoms with E-state index in [0.717, 1.165) is 12.8 Å². The molecule has 0 heterocycles. The Balaban J connectivity index is 2.61. The van der Waals surface area contributed by atoms with Gasteiger partial charge in [0.2, 0.25) is 0 Å². The molecule has 0 aromatic rings. The highest BCUT2D eigenvalue weighted by Gasteiger charge is 2.34. The third kappa shape index (κ3) is 3.87. The summed E-state index contributed by atoms with van der Waals surface area (Å²) in [5, 5.41) is 20.6. The van der Waals surface area contributed by atoms with Gasteiger partial charge in [0.15, 0.2) is 0 Å². The van der Waals surface area contributed by atoms with Gasteiger partial charge in [0.05, 0.1) is 6.61 Å². The van der Waals surface area contributed by atoms with E-state index in [9.17, 15) is 9.59 Å². The van der Waals surface area contributed by atoms with Gasteiger partial charge in [0.25, 0.3) is 0 Å². The van der Waals surface area contributed by atoms with E-state index < -0.39 is 12.0 Å². The van der Waals surface area contributed by atoms with E-state index in [4.69, 9.17) is 10.2 Å². The monoisotopic (exact) mass is 258 g/mol. The molecule has 0 radical (unpaired) electrons. The van der Waals surface area contributed by atoms with Crippen LogP contribution in [0.15, 0.2) is 0 Å². The number of nitrogens with zero attached hydrogens (tertiary/aromatic N) is 1. The van der Waals surface area contributed by atoms with Gasteiger partial charge in [-0.25, -0.2) is 9.59 Å². The number of carbonyl (C=O) groups is 2. The maximum atomic E-state index is 12.0. The number of hydrogen-bond donors (Lipinski definition) is 3. The van der Waals surface area contributed by atoms with Gasteiger partial charge >= 0.3 is 12.0 Å². The molecule has 6 nitrogen and oxygen atoms in total. The first-order valence-electron chi connectivity index (χ1n) is 6.42. The van der Waals surface area contributed by atoms with E-state index in [1.54, 1.807) is 6.92 Å². The maximum absolute atomic E-state index is 12.0. The van der Waals surface area contributed by atoms with Crippen molar-refractivity contribution in [3.63, 3.8) is 0 Å². The third-order valence-electron chi connectivity index (χ3n) is 3.35. The quantitative estimate of drug-likeness (QED) is 0.625. The normalized spacial score (nSPS) is 17.9. The van der Waals surface area contributed by atoms with E-state index in [-0.39, 0.29) is 31.1 Å². The molecule has 0 aliphatic heterocycles. The van der Waals surface area contributed by atoms with Gasteiger partial charge in [-0.05, 0) is 18.8 Å². The Bertz CT molecular complexity index is 304. The Morgan fingerprint density at radius 1 is 1.44 bits per heavy atom. The lowest BCUT2D eigenvalue weighted by Gasteiger charge is -2.26. The van der Waals surface area contributed by atoms with Crippen LogP contribution in [0.5, 0.6) is 0 Å². The van der Waals surface area contributed by atoms with Crippen LogP contribution in [0, 0.1) is 5.92 Å². The van der Waals surface area contributed by atoms with Gasteiger partial charge in [-0.1, -0.05) is 20.3 Å². The first-order chi connectivity index (χ1) is 8.51. The van der Waals surface area contributed by atoms with Crippen molar-refractivity contribution in [2.75, 3.05) is 13.2 Å². The number of carboxylic acids is 1. The second-order valence-electron chi connectivity index (χ2n) is 4.80. The lowest BCUT2D eigenvalue weighted by Crippen LogP contribution is -2.51. The molecule has 0 saturated heterocycles. The lowest BCUT2D eigenvalue weighted by atomic mass is 9.99. The standard InChI is InChI=1S/C12H22N2O4/c1-3-8(2)10(11(16)17)13-12(18)14(6-7-15)9-4-5-9/h8-10,15H,3-7H2,1-2H3,(H,13,18)(H,16,17). The number of aliphatic hydroxyl groups excluding tert-OH is 1. The van der Waals surface area contributed by atoms with Crippen LogP contribution in [-0.2, 0) is 4.79 Å². The summed E-state index contributed by atoms with van der Waals surface area (Å²) >= 11 is 0. The van der Waals surface area contributed by atoms with Crippen molar-refractivity contribution in [1.29, 1.82) is 0 Å². The van der Waals surface area contributed by atoms with E-state index in [0.29, 0.717) is 6.42 Å². The number of aliphatic hydroxyl groups is 1. The first kappa shape index (κ1) is 14.8. The molecule has 18 heavy (non-hydrogen) atoms. The van der Waals surface area contributed by atoms with Crippen LogP contribution in [-0.4, -0.2) is 52.3 Å². The molecule has 1 aliphatic rings. The summed E-state index contributed by atoms with van der Waals surface area (Å²) < 4.78 is 0. The molecule has 104 valence electrons. The van der Waals surface area contributed by atoms with E-state index in [1.165, 1.54) is 4.90 Å². The van der Waals surface area contributed by atoms with Crippen LogP contribution in [0.1, 0.15) is 33.1 Å². The summed E-state index contributed by atoms with van der Waals surface area (Å²) in [4.78, 5) is 24.6. The molecule has 0 aromatic carbocycles. The van der Waals surface area contributed by atoms with Crippen LogP contribution >= 0.6 is 0 Å². The summed E-state index contributed by atoms with van der Waals surface area (Å²) in [6.45, 7) is 3.83. The van der Waals surface area contributed by atoms with Crippen LogP contribution in [0.4, 0.5) is 4.79 Å². The van der Waals surface area contributed by atoms with Crippen molar-refractivity contribution < 1.29 is 19.8 Å².